The Morgan fingerprint density at radius 3 is 2.52 bits per heavy atom. The van der Waals surface area contributed by atoms with Gasteiger partial charge in [0.1, 0.15) is 5.75 Å². The fourth-order valence-electron chi connectivity index (χ4n) is 5.25. The quantitative estimate of drug-likeness (QED) is 0.280. The molecule has 6 rings (SSSR count). The number of primary amides is 1. The van der Waals surface area contributed by atoms with Gasteiger partial charge in [-0.05, 0) is 53.1 Å². The Kier molecular flexibility index (Phi) is 7.39. The van der Waals surface area contributed by atoms with E-state index in [2.05, 4.69) is 22.4 Å². The van der Waals surface area contributed by atoms with Crippen LogP contribution in [0.4, 0.5) is 0 Å². The summed E-state index contributed by atoms with van der Waals surface area (Å²) in [6, 6.07) is 25.7. The van der Waals surface area contributed by atoms with E-state index in [1.54, 1.807) is 48.5 Å². The third-order valence-corrected chi connectivity index (χ3v) is 7.33. The Balaban J connectivity index is 1.32. The molecular formula is C32H29N5O5. The van der Waals surface area contributed by atoms with Gasteiger partial charge >= 0.3 is 0 Å². The van der Waals surface area contributed by atoms with Crippen molar-refractivity contribution in [2.45, 2.75) is 18.2 Å². The van der Waals surface area contributed by atoms with E-state index in [-0.39, 0.29) is 25.2 Å². The molecule has 1 unspecified atom stereocenters. The number of hydrogen-bond donors (Lipinski definition) is 2. The third-order valence-electron chi connectivity index (χ3n) is 7.33. The minimum atomic E-state index is -1.83. The largest absolute Gasteiger partial charge is 0.497 e. The average Bonchev–Trinajstić information content (AvgIpc) is 3.72. The molecule has 1 saturated heterocycles. The third kappa shape index (κ3) is 5.09. The molecule has 0 bridgehead atoms. The summed E-state index contributed by atoms with van der Waals surface area (Å²) in [6.07, 6.45) is 3.56. The van der Waals surface area contributed by atoms with E-state index in [4.69, 9.17) is 25.0 Å². The minimum Gasteiger partial charge on any atom is -0.497 e. The molecule has 10 nitrogen and oxygen atoms in total. The zero-order valence-electron chi connectivity index (χ0n) is 22.9. The molecule has 2 aromatic heterocycles. The second kappa shape index (κ2) is 11.4. The predicted molar refractivity (Wildman–Crippen MR) is 156 cm³/mol. The Bertz CT molecular complexity index is 1740. The first-order valence-electron chi connectivity index (χ1n) is 13.5. The number of amides is 2. The van der Waals surface area contributed by atoms with Crippen molar-refractivity contribution in [3.63, 3.8) is 0 Å². The summed E-state index contributed by atoms with van der Waals surface area (Å²) in [5.74, 6) is -2.13. The molecule has 0 aliphatic carbocycles. The maximum Gasteiger partial charge on any atom is 0.280 e. The molecule has 3 aromatic carbocycles. The fraction of sp³-hybridized carbons (Fsp3) is 0.188. The first-order valence-corrected chi connectivity index (χ1v) is 13.5. The van der Waals surface area contributed by atoms with E-state index in [1.807, 2.05) is 48.5 Å². The predicted octanol–water partition coefficient (Wildman–Crippen LogP) is 3.67. The molecule has 1 aliphatic heterocycles. The number of methoxy groups -OCH3 is 1. The summed E-state index contributed by atoms with van der Waals surface area (Å²) in [4.78, 5) is 31.0. The van der Waals surface area contributed by atoms with Crippen LogP contribution in [0.1, 0.15) is 15.9 Å². The van der Waals surface area contributed by atoms with E-state index in [0.29, 0.717) is 11.6 Å². The number of fused-ring (bicyclic) bond motifs is 1. The van der Waals surface area contributed by atoms with Crippen molar-refractivity contribution in [2.75, 3.05) is 20.3 Å². The molecule has 212 valence electrons. The van der Waals surface area contributed by atoms with Crippen molar-refractivity contribution in [3.8, 4) is 22.8 Å². The monoisotopic (exact) mass is 563 g/mol. The van der Waals surface area contributed by atoms with Crippen LogP contribution >= 0.6 is 0 Å². The molecule has 0 saturated carbocycles. The number of nitrogens with zero attached hydrogens (tertiary/aromatic N) is 3. The number of carbonyl (C=O) groups is 2. The summed E-state index contributed by atoms with van der Waals surface area (Å²) in [6.45, 7) is 0.334. The Morgan fingerprint density at radius 1 is 1.00 bits per heavy atom. The van der Waals surface area contributed by atoms with Crippen molar-refractivity contribution in [1.29, 1.82) is 0 Å². The highest BCUT2D eigenvalue weighted by molar-refractivity contribution is 5.98. The average molecular weight is 564 g/mol. The van der Waals surface area contributed by atoms with E-state index >= 15 is 0 Å². The lowest BCUT2D eigenvalue weighted by atomic mass is 9.97. The molecule has 1 fully saturated rings. The molecule has 1 aliphatic rings. The smallest absolute Gasteiger partial charge is 0.280 e. The lowest BCUT2D eigenvalue weighted by molar-refractivity contribution is -0.189. The molecule has 3 heterocycles. The molecular weight excluding hydrogens is 534 g/mol. The van der Waals surface area contributed by atoms with Crippen LogP contribution in [0.25, 0.3) is 27.8 Å². The number of nitrogens with one attached hydrogen (secondary N) is 1. The topological polar surface area (TPSA) is 131 Å². The molecule has 0 radical (unpaired) electrons. The number of hydrogen-bond acceptors (Lipinski definition) is 7. The molecule has 0 spiro atoms. The highest BCUT2D eigenvalue weighted by atomic mass is 16.7. The van der Waals surface area contributed by atoms with Crippen LogP contribution in [-0.2, 0) is 20.7 Å². The lowest BCUT2D eigenvalue weighted by Gasteiger charge is -2.33. The van der Waals surface area contributed by atoms with Gasteiger partial charge in [0.05, 0.1) is 37.6 Å². The number of ether oxygens (including phenoxy) is 3. The van der Waals surface area contributed by atoms with E-state index < -0.39 is 23.6 Å². The number of aromatic nitrogens is 3. The zero-order chi connectivity index (χ0) is 29.1. The maximum atomic E-state index is 13.8. The van der Waals surface area contributed by atoms with Crippen molar-refractivity contribution in [1.82, 2.24) is 20.1 Å². The first kappa shape index (κ1) is 27.1. The number of rotatable bonds is 9. The normalized spacial score (nSPS) is 14.9. The number of pyridine rings is 1. The SMILES string of the molecule is COc1ccc(CC(NC(=O)c2cccnc2-n2ccc(-c3cccc4ccccc34)n2)C2(C(N)=O)OCCO2)cc1. The van der Waals surface area contributed by atoms with Crippen molar-refractivity contribution in [3.05, 3.63) is 108 Å². The first-order chi connectivity index (χ1) is 20.5. The number of carbonyl (C=O) groups excluding carboxylic acids is 2. The highest BCUT2D eigenvalue weighted by Crippen LogP contribution is 2.29. The molecule has 42 heavy (non-hydrogen) atoms. The second-order valence-electron chi connectivity index (χ2n) is 9.85. The van der Waals surface area contributed by atoms with Gasteiger partial charge in [-0.1, -0.05) is 54.6 Å². The van der Waals surface area contributed by atoms with Crippen LogP contribution in [0.2, 0.25) is 0 Å². The van der Waals surface area contributed by atoms with Gasteiger partial charge in [0.2, 0.25) is 0 Å². The lowest BCUT2D eigenvalue weighted by Crippen LogP contribution is -2.61. The molecule has 3 N–H and O–H groups in total. The van der Waals surface area contributed by atoms with Crippen LogP contribution in [-0.4, -0.2) is 58.7 Å². The van der Waals surface area contributed by atoms with Crippen LogP contribution in [0.3, 0.4) is 0 Å². The molecule has 10 heteroatoms. The maximum absolute atomic E-state index is 13.8. The van der Waals surface area contributed by atoms with Crippen molar-refractivity contribution in [2.24, 2.45) is 5.73 Å². The number of nitrogens with two attached hydrogens (primary N) is 1. The Morgan fingerprint density at radius 2 is 1.76 bits per heavy atom. The van der Waals surface area contributed by atoms with E-state index in [9.17, 15) is 9.59 Å². The number of benzene rings is 3. The van der Waals surface area contributed by atoms with Gasteiger partial charge in [0, 0.05) is 18.0 Å². The molecule has 5 aromatic rings. The van der Waals surface area contributed by atoms with Gasteiger partial charge in [-0.2, -0.15) is 5.10 Å². The van der Waals surface area contributed by atoms with Crippen LogP contribution in [0.5, 0.6) is 5.75 Å². The summed E-state index contributed by atoms with van der Waals surface area (Å²) in [7, 11) is 1.58. The standard InChI is InChI=1S/C32H29N5O5/c1-40-23-13-11-21(12-14-23)20-28(32(31(33)39)41-18-19-42-32)35-30(38)26-10-5-16-34-29(26)37-17-15-27(36-37)25-9-4-7-22-6-2-3-8-24(22)25/h2-17,28H,18-20H2,1H3,(H2,33,39)(H,35,38). The van der Waals surface area contributed by atoms with Gasteiger partial charge in [0.15, 0.2) is 5.82 Å². The summed E-state index contributed by atoms with van der Waals surface area (Å²) < 4.78 is 18.3. The van der Waals surface area contributed by atoms with E-state index in [1.165, 1.54) is 0 Å². The van der Waals surface area contributed by atoms with E-state index in [0.717, 1.165) is 27.6 Å². The molecule has 1 atom stereocenters. The summed E-state index contributed by atoms with van der Waals surface area (Å²) >= 11 is 0. The van der Waals surface area contributed by atoms with Crippen LogP contribution < -0.4 is 15.8 Å². The minimum absolute atomic E-state index is 0.167. The van der Waals surface area contributed by atoms with Gasteiger partial charge in [0.25, 0.3) is 17.6 Å². The van der Waals surface area contributed by atoms with Gasteiger partial charge in [-0.3, -0.25) is 9.59 Å². The Hall–Kier alpha value is -5.06. The highest BCUT2D eigenvalue weighted by Gasteiger charge is 2.51. The van der Waals surface area contributed by atoms with Crippen LogP contribution in [0, 0.1) is 0 Å². The zero-order valence-corrected chi connectivity index (χ0v) is 22.9. The van der Waals surface area contributed by atoms with Gasteiger partial charge in [-0.25, -0.2) is 9.67 Å². The van der Waals surface area contributed by atoms with Gasteiger partial charge in [-0.15, -0.1) is 0 Å². The Labute approximate surface area is 242 Å². The van der Waals surface area contributed by atoms with Gasteiger partial charge < -0.3 is 25.3 Å². The summed E-state index contributed by atoms with van der Waals surface area (Å²) in [5.41, 5.74) is 8.55. The fourth-order valence-corrected chi connectivity index (χ4v) is 5.25. The van der Waals surface area contributed by atoms with Crippen LogP contribution in [0.15, 0.2) is 97.3 Å². The summed E-state index contributed by atoms with van der Waals surface area (Å²) in [5, 5.41) is 9.88. The van der Waals surface area contributed by atoms with Crippen molar-refractivity contribution >= 4 is 22.6 Å². The molecule has 2 amide bonds. The second-order valence-corrected chi connectivity index (χ2v) is 9.85. The van der Waals surface area contributed by atoms with Crippen molar-refractivity contribution < 1.29 is 23.8 Å².